The van der Waals surface area contributed by atoms with E-state index in [4.69, 9.17) is 5.73 Å². The fourth-order valence-corrected chi connectivity index (χ4v) is 1.56. The molecule has 0 radical (unpaired) electrons. The van der Waals surface area contributed by atoms with Gasteiger partial charge in [-0.25, -0.2) is 4.98 Å². The summed E-state index contributed by atoms with van der Waals surface area (Å²) >= 11 is 0. The van der Waals surface area contributed by atoms with Gasteiger partial charge in [0.25, 0.3) is 0 Å². The topological polar surface area (TPSA) is 43.8 Å². The van der Waals surface area contributed by atoms with Gasteiger partial charge in [0.15, 0.2) is 0 Å². The first-order valence-electron chi connectivity index (χ1n) is 4.77. The predicted octanol–water partition coefficient (Wildman–Crippen LogP) is 1.39. The van der Waals surface area contributed by atoms with Crippen LogP contribution in [0.3, 0.4) is 0 Å². The van der Waals surface area contributed by atoms with Crippen molar-refractivity contribution >= 4 is 0 Å². The van der Waals surface area contributed by atoms with Crippen molar-refractivity contribution < 1.29 is 0 Å². The van der Waals surface area contributed by atoms with Crippen molar-refractivity contribution in [2.24, 2.45) is 18.7 Å². The Morgan fingerprint density at radius 3 is 2.46 bits per heavy atom. The largest absolute Gasteiger partial charge is 0.334 e. The Kier molecular flexibility index (Phi) is 3.09. The number of nitrogens with zero attached hydrogens (tertiary/aromatic N) is 2. The highest BCUT2D eigenvalue weighted by atomic mass is 15.1. The zero-order valence-electron chi connectivity index (χ0n) is 8.96. The van der Waals surface area contributed by atoms with Gasteiger partial charge in [0.2, 0.25) is 0 Å². The molecule has 1 aromatic heterocycles. The molecule has 0 atom stereocenters. The van der Waals surface area contributed by atoms with E-state index in [-0.39, 0.29) is 0 Å². The van der Waals surface area contributed by atoms with Crippen LogP contribution < -0.4 is 5.73 Å². The fourth-order valence-electron chi connectivity index (χ4n) is 1.56. The highest BCUT2D eigenvalue weighted by Crippen LogP contribution is 2.12. The van der Waals surface area contributed by atoms with E-state index in [0.29, 0.717) is 12.5 Å². The summed E-state index contributed by atoms with van der Waals surface area (Å²) in [4.78, 5) is 4.50. The molecular weight excluding hydrogens is 162 g/mol. The normalized spacial score (nSPS) is 11.2. The van der Waals surface area contributed by atoms with Crippen molar-refractivity contribution in [1.82, 2.24) is 9.55 Å². The Morgan fingerprint density at radius 2 is 2.08 bits per heavy atom. The molecule has 74 valence electrons. The molecule has 2 N–H and O–H groups in total. The summed E-state index contributed by atoms with van der Waals surface area (Å²) in [5.74, 6) is 1.79. The summed E-state index contributed by atoms with van der Waals surface area (Å²) in [6.45, 7) is 7.00. The smallest absolute Gasteiger partial charge is 0.109 e. The third kappa shape index (κ3) is 2.10. The SMILES string of the molecule is Cc1nc(CC(C)C)n(C)c1CN. The molecule has 0 aliphatic carbocycles. The van der Waals surface area contributed by atoms with Crippen LogP contribution in [0.2, 0.25) is 0 Å². The molecule has 0 spiro atoms. The third-order valence-electron chi connectivity index (χ3n) is 2.29. The molecule has 3 nitrogen and oxygen atoms in total. The molecule has 1 rings (SSSR count). The maximum absolute atomic E-state index is 5.63. The van der Waals surface area contributed by atoms with Gasteiger partial charge in [-0.2, -0.15) is 0 Å². The number of imidazole rings is 1. The van der Waals surface area contributed by atoms with Gasteiger partial charge in [-0.1, -0.05) is 13.8 Å². The zero-order valence-corrected chi connectivity index (χ0v) is 8.96. The molecule has 3 heteroatoms. The minimum absolute atomic E-state index is 0.577. The van der Waals surface area contributed by atoms with Gasteiger partial charge in [0, 0.05) is 20.0 Å². The summed E-state index contributed by atoms with van der Waals surface area (Å²) in [5, 5.41) is 0. The van der Waals surface area contributed by atoms with E-state index in [0.717, 1.165) is 23.6 Å². The van der Waals surface area contributed by atoms with Gasteiger partial charge in [-0.15, -0.1) is 0 Å². The Bertz CT molecular complexity index is 287. The van der Waals surface area contributed by atoms with Crippen molar-refractivity contribution in [3.63, 3.8) is 0 Å². The zero-order chi connectivity index (χ0) is 10.0. The van der Waals surface area contributed by atoms with E-state index < -0.39 is 0 Å². The molecule has 0 unspecified atom stereocenters. The van der Waals surface area contributed by atoms with Gasteiger partial charge in [-0.05, 0) is 12.8 Å². The lowest BCUT2D eigenvalue weighted by atomic mass is 10.1. The van der Waals surface area contributed by atoms with Crippen LogP contribution in [0, 0.1) is 12.8 Å². The first-order chi connectivity index (χ1) is 6.06. The summed E-state index contributed by atoms with van der Waals surface area (Å²) < 4.78 is 2.12. The Balaban J connectivity index is 2.96. The Morgan fingerprint density at radius 1 is 1.46 bits per heavy atom. The van der Waals surface area contributed by atoms with Crippen LogP contribution in [0.15, 0.2) is 0 Å². The average molecular weight is 181 g/mol. The number of nitrogens with two attached hydrogens (primary N) is 1. The molecule has 13 heavy (non-hydrogen) atoms. The average Bonchev–Trinajstić information content (AvgIpc) is 2.26. The van der Waals surface area contributed by atoms with Crippen molar-refractivity contribution in [1.29, 1.82) is 0 Å². The molecule has 0 fully saturated rings. The van der Waals surface area contributed by atoms with Crippen molar-refractivity contribution in [3.8, 4) is 0 Å². The lowest BCUT2D eigenvalue weighted by Crippen LogP contribution is -2.08. The van der Waals surface area contributed by atoms with Gasteiger partial charge in [0.1, 0.15) is 5.82 Å². The minimum atomic E-state index is 0.577. The molecular formula is C10H19N3. The lowest BCUT2D eigenvalue weighted by Gasteiger charge is -2.06. The molecule has 0 aromatic carbocycles. The molecule has 0 aliphatic rings. The van der Waals surface area contributed by atoms with E-state index in [1.54, 1.807) is 0 Å². The van der Waals surface area contributed by atoms with Crippen LogP contribution >= 0.6 is 0 Å². The van der Waals surface area contributed by atoms with E-state index in [1.807, 2.05) is 14.0 Å². The summed E-state index contributed by atoms with van der Waals surface area (Å²) in [7, 11) is 2.04. The quantitative estimate of drug-likeness (QED) is 0.765. The second kappa shape index (κ2) is 3.92. The number of hydrogen-bond donors (Lipinski definition) is 1. The van der Waals surface area contributed by atoms with Crippen LogP contribution in [-0.4, -0.2) is 9.55 Å². The van der Waals surface area contributed by atoms with E-state index in [1.165, 1.54) is 0 Å². The third-order valence-corrected chi connectivity index (χ3v) is 2.29. The number of hydrogen-bond acceptors (Lipinski definition) is 2. The summed E-state index contributed by atoms with van der Waals surface area (Å²) in [5.41, 5.74) is 7.85. The van der Waals surface area contributed by atoms with Crippen LogP contribution in [0.5, 0.6) is 0 Å². The molecule has 1 aromatic rings. The van der Waals surface area contributed by atoms with Crippen molar-refractivity contribution in [2.45, 2.75) is 33.7 Å². The standard InChI is InChI=1S/C10H19N3/c1-7(2)5-10-12-8(3)9(6-11)13(10)4/h7H,5-6,11H2,1-4H3. The number of aryl methyl sites for hydroxylation is 1. The Labute approximate surface area is 80.0 Å². The Hall–Kier alpha value is -0.830. The van der Waals surface area contributed by atoms with E-state index >= 15 is 0 Å². The van der Waals surface area contributed by atoms with Gasteiger partial charge >= 0.3 is 0 Å². The second-order valence-electron chi connectivity index (χ2n) is 3.92. The lowest BCUT2D eigenvalue weighted by molar-refractivity contribution is 0.597. The van der Waals surface area contributed by atoms with Crippen LogP contribution in [-0.2, 0) is 20.0 Å². The van der Waals surface area contributed by atoms with Crippen molar-refractivity contribution in [3.05, 3.63) is 17.2 Å². The summed E-state index contributed by atoms with van der Waals surface area (Å²) in [6, 6.07) is 0. The minimum Gasteiger partial charge on any atom is -0.334 e. The van der Waals surface area contributed by atoms with Crippen molar-refractivity contribution in [2.75, 3.05) is 0 Å². The molecule has 0 bridgehead atoms. The molecule has 0 saturated carbocycles. The maximum atomic E-state index is 5.63. The molecule has 0 saturated heterocycles. The second-order valence-corrected chi connectivity index (χ2v) is 3.92. The first kappa shape index (κ1) is 10.3. The maximum Gasteiger partial charge on any atom is 0.109 e. The molecule has 0 amide bonds. The predicted molar refractivity (Wildman–Crippen MR) is 54.4 cm³/mol. The monoisotopic (exact) mass is 181 g/mol. The van der Waals surface area contributed by atoms with E-state index in [2.05, 4.69) is 23.4 Å². The molecule has 1 heterocycles. The molecule has 0 aliphatic heterocycles. The van der Waals surface area contributed by atoms with Crippen LogP contribution in [0.4, 0.5) is 0 Å². The highest BCUT2D eigenvalue weighted by molar-refractivity contribution is 5.15. The van der Waals surface area contributed by atoms with Gasteiger partial charge in [0.05, 0.1) is 11.4 Å². The fraction of sp³-hybridized carbons (Fsp3) is 0.700. The van der Waals surface area contributed by atoms with Gasteiger partial charge in [-0.3, -0.25) is 0 Å². The number of aromatic nitrogens is 2. The highest BCUT2D eigenvalue weighted by Gasteiger charge is 2.10. The first-order valence-corrected chi connectivity index (χ1v) is 4.77. The number of rotatable bonds is 3. The van der Waals surface area contributed by atoms with Crippen LogP contribution in [0.1, 0.15) is 31.1 Å². The summed E-state index contributed by atoms with van der Waals surface area (Å²) in [6.07, 6.45) is 1.03. The van der Waals surface area contributed by atoms with Gasteiger partial charge < -0.3 is 10.3 Å². The van der Waals surface area contributed by atoms with Crippen LogP contribution in [0.25, 0.3) is 0 Å². The van der Waals surface area contributed by atoms with E-state index in [9.17, 15) is 0 Å².